The number of benzene rings is 11. The van der Waals surface area contributed by atoms with E-state index in [-0.39, 0.29) is 0 Å². The Labute approximate surface area is 454 Å². The molecular formula is C72H43N7. The Hall–Kier alpha value is -11.1. The Kier molecular flexibility index (Phi) is 10.5. The fraction of sp³-hybridized carbons (Fsp3) is 0. The lowest BCUT2D eigenvalue weighted by molar-refractivity contribution is 1.16. The van der Waals surface area contributed by atoms with E-state index in [9.17, 15) is 5.26 Å². The van der Waals surface area contributed by atoms with Crippen LogP contribution in [0.25, 0.3) is 143 Å². The van der Waals surface area contributed by atoms with E-state index in [0.717, 1.165) is 72.4 Å². The fourth-order valence-electron chi connectivity index (χ4n) is 11.9. The molecule has 0 atom stereocenters. The topological polar surface area (TPSA) is 68.7 Å². The van der Waals surface area contributed by atoms with Gasteiger partial charge in [-0.3, -0.25) is 0 Å². The van der Waals surface area contributed by atoms with Crippen molar-refractivity contribution >= 4 is 71.1 Å². The van der Waals surface area contributed by atoms with Gasteiger partial charge in [0.25, 0.3) is 0 Å². The van der Waals surface area contributed by atoms with E-state index in [0.29, 0.717) is 33.9 Å². The van der Waals surface area contributed by atoms with Gasteiger partial charge < -0.3 is 13.7 Å². The number of fused-ring (bicyclic) bond motifs is 9. The third-order valence-corrected chi connectivity index (χ3v) is 15.5. The van der Waals surface area contributed by atoms with Gasteiger partial charge in [-0.1, -0.05) is 170 Å². The maximum Gasteiger partial charge on any atom is 0.195 e. The van der Waals surface area contributed by atoms with Crippen molar-refractivity contribution in [1.82, 2.24) is 23.7 Å². The Morgan fingerprint density at radius 3 is 1.23 bits per heavy atom. The van der Waals surface area contributed by atoms with Crippen molar-refractivity contribution < 1.29 is 0 Å². The molecular weight excluding hydrogens is 963 g/mol. The molecule has 0 aliphatic carbocycles. The highest BCUT2D eigenvalue weighted by Crippen LogP contribution is 2.42. The zero-order chi connectivity index (χ0) is 52.6. The number of nitrogens with zero attached hydrogens (tertiary/aromatic N) is 7. The Bertz CT molecular complexity index is 4680. The second kappa shape index (κ2) is 18.3. The first-order valence-electron chi connectivity index (χ1n) is 26.3. The molecule has 0 fully saturated rings. The minimum Gasteiger partial charge on any atom is -0.309 e. The van der Waals surface area contributed by atoms with Crippen LogP contribution in [-0.2, 0) is 0 Å². The maximum atomic E-state index is 10.7. The van der Waals surface area contributed by atoms with Gasteiger partial charge in [-0.05, 0) is 113 Å². The summed E-state index contributed by atoms with van der Waals surface area (Å²) in [5, 5.41) is 17.9. The number of nitriles is 1. The molecule has 15 aromatic rings. The molecule has 4 aromatic heterocycles. The second-order valence-electron chi connectivity index (χ2n) is 19.9. The smallest absolute Gasteiger partial charge is 0.195 e. The van der Waals surface area contributed by atoms with Gasteiger partial charge >= 0.3 is 0 Å². The van der Waals surface area contributed by atoms with Crippen molar-refractivity contribution in [3.63, 3.8) is 0 Å². The Balaban J connectivity index is 0.814. The summed E-state index contributed by atoms with van der Waals surface area (Å²) in [4.78, 5) is 13.9. The molecule has 4 heterocycles. The normalized spacial score (nSPS) is 11.5. The number of aromatic nitrogens is 5. The highest BCUT2D eigenvalue weighted by molar-refractivity contribution is 6.14. The second-order valence-corrected chi connectivity index (χ2v) is 19.9. The van der Waals surface area contributed by atoms with Crippen LogP contribution < -0.4 is 0 Å². The number of rotatable bonds is 8. The third kappa shape index (κ3) is 7.41. The van der Waals surface area contributed by atoms with Crippen molar-refractivity contribution in [2.75, 3.05) is 0 Å². The Morgan fingerprint density at radius 1 is 0.329 bits per heavy atom. The summed E-state index contributed by atoms with van der Waals surface area (Å²) < 4.78 is 7.18. The van der Waals surface area contributed by atoms with Crippen LogP contribution in [-0.4, -0.2) is 23.7 Å². The van der Waals surface area contributed by atoms with E-state index >= 15 is 0 Å². The largest absolute Gasteiger partial charge is 0.309 e. The summed E-state index contributed by atoms with van der Waals surface area (Å²) in [5.74, 6) is 0.545. The van der Waals surface area contributed by atoms with Gasteiger partial charge in [0, 0.05) is 66.1 Å². The van der Waals surface area contributed by atoms with Crippen molar-refractivity contribution in [2.45, 2.75) is 0 Å². The predicted molar refractivity (Wildman–Crippen MR) is 323 cm³/mol. The van der Waals surface area contributed by atoms with Gasteiger partial charge in [-0.15, -0.1) is 0 Å². The molecule has 0 spiro atoms. The molecule has 0 aliphatic rings. The average molecular weight is 1010 g/mol. The summed E-state index contributed by atoms with van der Waals surface area (Å²) in [6, 6.07) is 93.3. The van der Waals surface area contributed by atoms with Crippen molar-refractivity contribution in [2.24, 2.45) is 0 Å². The SMILES string of the molecule is [C-]#[N+]c1cc(-c2cc(-c3ccccc3)nc(-c3ccccc3)n2)c(C#N)cc1-c1ccc(-c2ccc(-n3c4ccc(-n5c6ccccc6c6ccccc65)cc4c4cc(-n5c6ccccc6c6ccccc65)ccc43)cc2)cc1. The summed E-state index contributed by atoms with van der Waals surface area (Å²) in [6.45, 7) is 8.34. The molecule has 0 saturated heterocycles. The number of para-hydroxylation sites is 4. The maximum absolute atomic E-state index is 10.7. The summed E-state index contributed by atoms with van der Waals surface area (Å²) in [7, 11) is 0. The standard InChI is InChI=1S/C72H43N7/c1-74-64-43-60(65-44-63(49-16-4-2-5-17-49)75-72(76-65)50-18-6-3-7-19-50)51(45-73)40-59(64)48-30-28-46(29-31-48)47-32-34-52(35-33-47)77-70-38-36-53(78-66-24-12-8-20-55(66)56-21-9-13-25-67(56)78)41-61(70)62-42-54(37-39-71(62)77)79-68-26-14-10-22-57(68)58-23-11-15-27-69(58)79/h2-44H. The number of hydrogen-bond acceptors (Lipinski definition) is 3. The van der Waals surface area contributed by atoms with Crippen LogP contribution in [0, 0.1) is 17.9 Å². The lowest BCUT2D eigenvalue weighted by Crippen LogP contribution is -1.97. The monoisotopic (exact) mass is 1010 g/mol. The van der Waals surface area contributed by atoms with Crippen molar-refractivity contribution in [3.8, 4) is 79.3 Å². The quantitative estimate of drug-likeness (QED) is 0.142. The first kappa shape index (κ1) is 45.3. The Morgan fingerprint density at radius 2 is 0.734 bits per heavy atom. The first-order chi connectivity index (χ1) is 39.1. The minimum atomic E-state index is 0.426. The van der Waals surface area contributed by atoms with Crippen LogP contribution in [0.3, 0.4) is 0 Å². The van der Waals surface area contributed by atoms with E-state index < -0.39 is 0 Å². The molecule has 0 unspecified atom stereocenters. The summed E-state index contributed by atoms with van der Waals surface area (Å²) in [5.41, 5.74) is 18.4. The van der Waals surface area contributed by atoms with Gasteiger partial charge in [0.1, 0.15) is 0 Å². The van der Waals surface area contributed by atoms with E-state index in [1.165, 1.54) is 43.6 Å². The van der Waals surface area contributed by atoms with Gasteiger partial charge in [0.2, 0.25) is 0 Å². The van der Waals surface area contributed by atoms with Gasteiger partial charge in [0.15, 0.2) is 11.5 Å². The molecule has 0 bridgehead atoms. The van der Waals surface area contributed by atoms with E-state index in [4.69, 9.17) is 16.5 Å². The van der Waals surface area contributed by atoms with Gasteiger partial charge in [0.05, 0.1) is 62.7 Å². The van der Waals surface area contributed by atoms with E-state index in [1.807, 2.05) is 84.9 Å². The molecule has 0 radical (unpaired) electrons. The molecule has 0 amide bonds. The van der Waals surface area contributed by atoms with E-state index in [2.05, 4.69) is 194 Å². The first-order valence-corrected chi connectivity index (χ1v) is 26.3. The highest BCUT2D eigenvalue weighted by Gasteiger charge is 2.21. The molecule has 79 heavy (non-hydrogen) atoms. The molecule has 0 N–H and O–H groups in total. The van der Waals surface area contributed by atoms with Crippen LogP contribution in [0.4, 0.5) is 5.69 Å². The van der Waals surface area contributed by atoms with Gasteiger partial charge in [-0.25, -0.2) is 14.8 Å². The van der Waals surface area contributed by atoms with Crippen LogP contribution in [0.15, 0.2) is 261 Å². The van der Waals surface area contributed by atoms with Crippen molar-refractivity contribution in [1.29, 1.82) is 5.26 Å². The summed E-state index contributed by atoms with van der Waals surface area (Å²) >= 11 is 0. The highest BCUT2D eigenvalue weighted by atomic mass is 15.0. The number of hydrogen-bond donors (Lipinski definition) is 0. The molecule has 7 heteroatoms. The van der Waals surface area contributed by atoms with Crippen molar-refractivity contribution in [3.05, 3.63) is 278 Å². The van der Waals surface area contributed by atoms with E-state index in [1.54, 1.807) is 6.07 Å². The lowest BCUT2D eigenvalue weighted by Gasteiger charge is -2.13. The fourth-order valence-corrected chi connectivity index (χ4v) is 11.9. The van der Waals surface area contributed by atoms with Gasteiger partial charge in [-0.2, -0.15) is 5.26 Å². The lowest BCUT2D eigenvalue weighted by atomic mass is 9.94. The molecule has 7 nitrogen and oxygen atoms in total. The van der Waals surface area contributed by atoms with Crippen LogP contribution in [0.5, 0.6) is 0 Å². The third-order valence-electron chi connectivity index (χ3n) is 15.5. The minimum absolute atomic E-state index is 0.426. The molecule has 11 aromatic carbocycles. The molecule has 15 rings (SSSR count). The molecule has 0 aliphatic heterocycles. The predicted octanol–water partition coefficient (Wildman–Crippen LogP) is 18.5. The molecule has 0 saturated carbocycles. The molecule has 366 valence electrons. The zero-order valence-corrected chi connectivity index (χ0v) is 42.5. The summed E-state index contributed by atoms with van der Waals surface area (Å²) in [6.07, 6.45) is 0. The van der Waals surface area contributed by atoms with Crippen LogP contribution >= 0.6 is 0 Å². The zero-order valence-electron chi connectivity index (χ0n) is 42.5. The average Bonchev–Trinajstić information content (AvgIpc) is 4.39. The van der Waals surface area contributed by atoms with Crippen LogP contribution in [0.1, 0.15) is 5.56 Å². The van der Waals surface area contributed by atoms with Crippen LogP contribution in [0.2, 0.25) is 0 Å².